The molecule has 0 fully saturated rings. The molecule has 0 saturated heterocycles. The van der Waals surface area contributed by atoms with Gasteiger partial charge in [-0.2, -0.15) is 0 Å². The minimum atomic E-state index is -4.62. The van der Waals surface area contributed by atoms with Crippen molar-refractivity contribution < 1.29 is 42.1 Å². The zero-order valence-electron chi connectivity index (χ0n) is 35.2. The molecule has 0 saturated carbocycles. The fourth-order valence-corrected chi connectivity index (χ4v) is 6.78. The molecule has 0 aromatic heterocycles. The van der Waals surface area contributed by atoms with Gasteiger partial charge in [0.05, 0.1) is 27.7 Å². The molecular weight excluding hydrogens is 689 g/mol. The Morgan fingerprint density at radius 1 is 0.566 bits per heavy atom. The summed E-state index contributed by atoms with van der Waals surface area (Å²) in [5.41, 5.74) is 0. The first kappa shape index (κ1) is 51.8. The van der Waals surface area contributed by atoms with Crippen molar-refractivity contribution in [3.05, 3.63) is 12.2 Å². The van der Waals surface area contributed by atoms with Crippen LogP contribution in [0, 0.1) is 0 Å². The Morgan fingerprint density at radius 3 is 1.45 bits per heavy atom. The SMILES string of the molecule is CCCC/C=C\CCCCCCCC(=O)OC[C@H](COP(=O)([O-])OCC[N+](C)(C)C)OC(=O)CCCCCCCCCCCCCCCCCCCC. The average molecular weight is 774 g/mol. The lowest BCUT2D eigenvalue weighted by Gasteiger charge is -2.28. The van der Waals surface area contributed by atoms with Crippen LogP contribution in [0.3, 0.4) is 0 Å². The minimum absolute atomic E-state index is 0.0290. The number of nitrogens with zero attached hydrogens (tertiary/aromatic N) is 1. The Morgan fingerprint density at radius 2 is 0.981 bits per heavy atom. The van der Waals surface area contributed by atoms with Crippen LogP contribution >= 0.6 is 7.82 Å². The molecule has 53 heavy (non-hydrogen) atoms. The molecule has 0 heterocycles. The van der Waals surface area contributed by atoms with E-state index in [2.05, 4.69) is 26.0 Å². The Hall–Kier alpha value is -1.25. The summed E-state index contributed by atoms with van der Waals surface area (Å²) in [7, 11) is 1.17. The van der Waals surface area contributed by atoms with E-state index in [0.29, 0.717) is 17.4 Å². The molecule has 0 N–H and O–H groups in total. The summed E-state index contributed by atoms with van der Waals surface area (Å²) < 4.78 is 33.8. The van der Waals surface area contributed by atoms with Crippen molar-refractivity contribution in [3.8, 4) is 0 Å². The van der Waals surface area contributed by atoms with Crippen LogP contribution in [0.1, 0.15) is 200 Å². The lowest BCUT2D eigenvalue weighted by atomic mass is 10.0. The predicted octanol–water partition coefficient (Wildman–Crippen LogP) is 11.6. The molecule has 0 radical (unpaired) electrons. The summed E-state index contributed by atoms with van der Waals surface area (Å²) >= 11 is 0. The molecule has 2 atom stereocenters. The van der Waals surface area contributed by atoms with Crippen LogP contribution in [0.25, 0.3) is 0 Å². The summed E-state index contributed by atoms with van der Waals surface area (Å²) in [6.45, 7) is 4.20. The molecule has 9 nitrogen and oxygen atoms in total. The largest absolute Gasteiger partial charge is 0.756 e. The third kappa shape index (κ3) is 40.2. The van der Waals surface area contributed by atoms with Gasteiger partial charge >= 0.3 is 11.9 Å². The maximum Gasteiger partial charge on any atom is 0.306 e. The van der Waals surface area contributed by atoms with Gasteiger partial charge in [-0.1, -0.05) is 167 Å². The molecule has 0 bridgehead atoms. The van der Waals surface area contributed by atoms with Crippen molar-refractivity contribution in [1.82, 2.24) is 0 Å². The Bertz CT molecular complexity index is 922. The first-order valence-electron chi connectivity index (χ1n) is 21.9. The fraction of sp³-hybridized carbons (Fsp3) is 0.907. The number of likely N-dealkylation sites (N-methyl/N-ethyl adjacent to an activating group) is 1. The number of esters is 2. The number of allylic oxidation sites excluding steroid dienone is 2. The van der Waals surface area contributed by atoms with Crippen LogP contribution in [0.2, 0.25) is 0 Å². The Labute approximate surface area is 326 Å². The molecule has 0 spiro atoms. The van der Waals surface area contributed by atoms with Crippen LogP contribution in [0.5, 0.6) is 0 Å². The first-order valence-corrected chi connectivity index (χ1v) is 23.4. The van der Waals surface area contributed by atoms with E-state index in [0.717, 1.165) is 57.8 Å². The zero-order valence-corrected chi connectivity index (χ0v) is 36.1. The van der Waals surface area contributed by atoms with E-state index in [9.17, 15) is 19.0 Å². The highest BCUT2D eigenvalue weighted by Gasteiger charge is 2.21. The molecule has 0 aliphatic carbocycles. The lowest BCUT2D eigenvalue weighted by molar-refractivity contribution is -0.870. The van der Waals surface area contributed by atoms with Crippen molar-refractivity contribution in [2.75, 3.05) is 47.5 Å². The van der Waals surface area contributed by atoms with Crippen LogP contribution in [0.15, 0.2) is 12.2 Å². The maximum absolute atomic E-state index is 12.7. The average Bonchev–Trinajstić information content (AvgIpc) is 3.10. The molecule has 0 aromatic carbocycles. The van der Waals surface area contributed by atoms with E-state index in [1.807, 2.05) is 21.1 Å². The zero-order chi connectivity index (χ0) is 39.3. The number of phosphoric ester groups is 1. The van der Waals surface area contributed by atoms with E-state index in [4.69, 9.17) is 18.5 Å². The molecule has 0 amide bonds. The van der Waals surface area contributed by atoms with Crippen LogP contribution < -0.4 is 4.89 Å². The number of phosphoric acid groups is 1. The minimum Gasteiger partial charge on any atom is -0.756 e. The summed E-state index contributed by atoms with van der Waals surface area (Å²) in [6, 6.07) is 0. The summed E-state index contributed by atoms with van der Waals surface area (Å²) in [5.74, 6) is -0.837. The molecule has 1 unspecified atom stereocenters. The highest BCUT2D eigenvalue weighted by atomic mass is 31.2. The van der Waals surface area contributed by atoms with Crippen molar-refractivity contribution >= 4 is 19.8 Å². The summed E-state index contributed by atoms with van der Waals surface area (Å²) in [4.78, 5) is 37.4. The molecule has 0 aliphatic heterocycles. The standard InChI is InChI=1S/C43H84NO8P/c1-6-8-10-12-14-16-18-19-20-21-22-23-24-26-28-30-32-34-36-43(46)52-41(40-51-53(47,48)50-38-37-44(3,4)5)39-49-42(45)35-33-31-29-27-25-17-15-13-11-9-7-2/h13,15,41H,6-12,14,16-40H2,1-5H3/b15-13-/t41-/m1/s1. The molecule has 0 rings (SSSR count). The second-order valence-corrected chi connectivity index (χ2v) is 17.5. The maximum atomic E-state index is 12.7. The van der Waals surface area contributed by atoms with Crippen LogP contribution in [0.4, 0.5) is 0 Å². The van der Waals surface area contributed by atoms with Crippen molar-refractivity contribution in [1.29, 1.82) is 0 Å². The lowest BCUT2D eigenvalue weighted by Crippen LogP contribution is -2.37. The van der Waals surface area contributed by atoms with Gasteiger partial charge in [0, 0.05) is 12.8 Å². The molecule has 0 aliphatic rings. The van der Waals surface area contributed by atoms with Gasteiger partial charge in [0.1, 0.15) is 19.8 Å². The van der Waals surface area contributed by atoms with E-state index in [1.54, 1.807) is 0 Å². The van der Waals surface area contributed by atoms with Crippen molar-refractivity contribution in [2.45, 2.75) is 206 Å². The number of hydrogen-bond donors (Lipinski definition) is 0. The number of rotatable bonds is 40. The third-order valence-electron chi connectivity index (χ3n) is 9.54. The van der Waals surface area contributed by atoms with Crippen LogP contribution in [-0.2, 0) is 32.7 Å². The van der Waals surface area contributed by atoms with E-state index in [-0.39, 0.29) is 26.1 Å². The van der Waals surface area contributed by atoms with Crippen molar-refractivity contribution in [2.24, 2.45) is 0 Å². The Balaban J connectivity index is 4.30. The number of unbranched alkanes of at least 4 members (excludes halogenated alkanes) is 24. The molecule has 10 heteroatoms. The fourth-order valence-electron chi connectivity index (χ4n) is 6.05. The van der Waals surface area contributed by atoms with Gasteiger partial charge in [0.2, 0.25) is 0 Å². The molecule has 314 valence electrons. The highest BCUT2D eigenvalue weighted by molar-refractivity contribution is 7.45. The summed E-state index contributed by atoms with van der Waals surface area (Å²) in [6.07, 6.45) is 36.7. The Kier molecular flexibility index (Phi) is 35.5. The van der Waals surface area contributed by atoms with Gasteiger partial charge in [0.25, 0.3) is 7.82 Å². The molecular formula is C43H84NO8P. The quantitative estimate of drug-likeness (QED) is 0.0199. The van der Waals surface area contributed by atoms with E-state index >= 15 is 0 Å². The highest BCUT2D eigenvalue weighted by Crippen LogP contribution is 2.38. The van der Waals surface area contributed by atoms with E-state index in [1.165, 1.54) is 109 Å². The number of carbonyl (C=O) groups is 2. The van der Waals surface area contributed by atoms with E-state index < -0.39 is 32.5 Å². The normalized spacial score (nSPS) is 13.7. The van der Waals surface area contributed by atoms with Gasteiger partial charge in [-0.05, 0) is 32.1 Å². The second kappa shape index (κ2) is 36.4. The number of quaternary nitrogens is 1. The monoisotopic (exact) mass is 774 g/mol. The topological polar surface area (TPSA) is 111 Å². The first-order chi connectivity index (χ1) is 25.5. The second-order valence-electron chi connectivity index (χ2n) is 16.1. The van der Waals surface area contributed by atoms with Gasteiger partial charge in [-0.25, -0.2) is 0 Å². The van der Waals surface area contributed by atoms with Crippen LogP contribution in [-0.4, -0.2) is 70.0 Å². The van der Waals surface area contributed by atoms with Gasteiger partial charge in [0.15, 0.2) is 6.10 Å². The smallest absolute Gasteiger partial charge is 0.306 e. The third-order valence-corrected chi connectivity index (χ3v) is 10.5. The van der Waals surface area contributed by atoms with Gasteiger partial charge < -0.3 is 27.9 Å². The van der Waals surface area contributed by atoms with Gasteiger partial charge in [-0.15, -0.1) is 0 Å². The summed E-state index contributed by atoms with van der Waals surface area (Å²) in [5, 5.41) is 0. The van der Waals surface area contributed by atoms with Crippen molar-refractivity contribution in [3.63, 3.8) is 0 Å². The number of carbonyl (C=O) groups excluding carboxylic acids is 2. The number of hydrogen-bond acceptors (Lipinski definition) is 8. The predicted molar refractivity (Wildman–Crippen MR) is 218 cm³/mol. The van der Waals surface area contributed by atoms with Gasteiger partial charge in [-0.3, -0.25) is 14.2 Å². The molecule has 0 aromatic rings. The number of ether oxygens (including phenoxy) is 2.